The van der Waals surface area contributed by atoms with E-state index in [1.165, 1.54) is 0 Å². The van der Waals surface area contributed by atoms with Gasteiger partial charge in [-0.3, -0.25) is 0 Å². The molecule has 2 rings (SSSR count). The molecule has 2 aromatic rings. The van der Waals surface area contributed by atoms with Gasteiger partial charge in [-0.1, -0.05) is 30.7 Å². The first-order valence-corrected chi connectivity index (χ1v) is 7.46. The van der Waals surface area contributed by atoms with Crippen molar-refractivity contribution in [3.8, 4) is 0 Å². The predicted molar refractivity (Wildman–Crippen MR) is 83.4 cm³/mol. The molecule has 0 bridgehead atoms. The highest BCUT2D eigenvalue weighted by atomic mass is 35.5. The van der Waals surface area contributed by atoms with Crippen molar-refractivity contribution in [2.45, 2.75) is 38.8 Å². The Kier molecular flexibility index (Phi) is 5.39. The molecule has 5 heteroatoms. The lowest BCUT2D eigenvalue weighted by Crippen LogP contribution is -2.47. The lowest BCUT2D eigenvalue weighted by Gasteiger charge is -2.28. The highest BCUT2D eigenvalue weighted by Crippen LogP contribution is 2.17. The molecule has 0 fully saturated rings. The van der Waals surface area contributed by atoms with E-state index in [1.54, 1.807) is 6.20 Å². The van der Waals surface area contributed by atoms with Gasteiger partial charge >= 0.3 is 0 Å². The quantitative estimate of drug-likeness (QED) is 0.825. The van der Waals surface area contributed by atoms with Gasteiger partial charge in [0, 0.05) is 17.0 Å². The Balaban J connectivity index is 1.98. The summed E-state index contributed by atoms with van der Waals surface area (Å²) in [5.74, 6) is 1.51. The van der Waals surface area contributed by atoms with Gasteiger partial charge in [0.15, 0.2) is 5.89 Å². The van der Waals surface area contributed by atoms with E-state index in [0.29, 0.717) is 18.0 Å². The monoisotopic (exact) mass is 308 g/mol. The topological polar surface area (TPSA) is 58.3 Å². The summed E-state index contributed by atoms with van der Waals surface area (Å²) < 4.78 is 5.57. The largest absolute Gasteiger partial charge is 0.444 e. The Bertz CT molecular complexity index is 568. The maximum Gasteiger partial charge on any atom is 0.194 e. The van der Waals surface area contributed by atoms with Gasteiger partial charge in [-0.25, -0.2) is 4.98 Å². The lowest BCUT2D eigenvalue weighted by atomic mass is 9.93. The highest BCUT2D eigenvalue weighted by Gasteiger charge is 2.23. The Morgan fingerprint density at radius 1 is 1.33 bits per heavy atom. The van der Waals surface area contributed by atoms with Crippen molar-refractivity contribution >= 4 is 11.6 Å². The highest BCUT2D eigenvalue weighted by molar-refractivity contribution is 6.30. The van der Waals surface area contributed by atoms with Crippen LogP contribution in [0, 0.1) is 0 Å². The molecular formula is C16H21ClN2O2. The number of halogens is 1. The van der Waals surface area contributed by atoms with E-state index in [1.807, 2.05) is 38.1 Å². The Morgan fingerprint density at radius 3 is 2.62 bits per heavy atom. The normalized spacial score (nSPS) is 14.1. The maximum atomic E-state index is 9.70. The third kappa shape index (κ3) is 4.56. The van der Waals surface area contributed by atoms with Crippen molar-refractivity contribution in [2.24, 2.45) is 0 Å². The molecule has 0 aliphatic rings. The standard InChI is InChI=1S/C16H21ClN2O2/c1-3-15-18-9-14(21-15)10-19-16(2,11-20)8-12-4-6-13(17)7-5-12/h4-7,9,19-20H,3,8,10-11H2,1-2H3/t16-/m0/s1. The molecule has 1 heterocycles. The molecule has 4 nitrogen and oxygen atoms in total. The van der Waals surface area contributed by atoms with Crippen LogP contribution in [-0.4, -0.2) is 22.2 Å². The molecule has 1 aromatic heterocycles. The van der Waals surface area contributed by atoms with Crippen LogP contribution in [0.1, 0.15) is 31.1 Å². The predicted octanol–water partition coefficient (Wildman–Crippen LogP) is 2.97. The van der Waals surface area contributed by atoms with Crippen molar-refractivity contribution in [1.82, 2.24) is 10.3 Å². The molecule has 0 saturated heterocycles. The Labute approximate surface area is 130 Å². The fourth-order valence-electron chi connectivity index (χ4n) is 2.12. The van der Waals surface area contributed by atoms with Gasteiger partial charge in [-0.05, 0) is 31.0 Å². The molecule has 114 valence electrons. The number of benzene rings is 1. The summed E-state index contributed by atoms with van der Waals surface area (Å²) in [6, 6.07) is 7.67. The van der Waals surface area contributed by atoms with Gasteiger partial charge in [0.05, 0.1) is 19.3 Å². The van der Waals surface area contributed by atoms with Gasteiger partial charge in [-0.2, -0.15) is 0 Å². The summed E-state index contributed by atoms with van der Waals surface area (Å²) in [7, 11) is 0. The number of aryl methyl sites for hydroxylation is 1. The van der Waals surface area contributed by atoms with Crippen LogP contribution in [0.2, 0.25) is 5.02 Å². The smallest absolute Gasteiger partial charge is 0.194 e. The number of aliphatic hydroxyl groups excluding tert-OH is 1. The minimum absolute atomic E-state index is 0.0321. The van der Waals surface area contributed by atoms with Gasteiger partial charge in [-0.15, -0.1) is 0 Å². The van der Waals surface area contributed by atoms with E-state index in [9.17, 15) is 5.11 Å². The van der Waals surface area contributed by atoms with Gasteiger partial charge in [0.1, 0.15) is 5.76 Å². The minimum Gasteiger partial charge on any atom is -0.444 e. The zero-order valence-corrected chi connectivity index (χ0v) is 13.2. The van der Waals surface area contributed by atoms with Crippen LogP contribution in [0.3, 0.4) is 0 Å². The second kappa shape index (κ2) is 7.07. The number of nitrogens with one attached hydrogen (secondary N) is 1. The molecule has 1 atom stereocenters. The van der Waals surface area contributed by atoms with Gasteiger partial charge in [0.25, 0.3) is 0 Å². The zero-order valence-electron chi connectivity index (χ0n) is 12.4. The maximum absolute atomic E-state index is 9.70. The Morgan fingerprint density at radius 2 is 2.05 bits per heavy atom. The number of nitrogens with zero attached hydrogens (tertiary/aromatic N) is 1. The van der Waals surface area contributed by atoms with Crippen LogP contribution in [0.25, 0.3) is 0 Å². The summed E-state index contributed by atoms with van der Waals surface area (Å²) in [5, 5.41) is 13.8. The number of oxazole rings is 1. The minimum atomic E-state index is -0.424. The summed E-state index contributed by atoms with van der Waals surface area (Å²) in [6.45, 7) is 4.56. The van der Waals surface area contributed by atoms with E-state index in [0.717, 1.165) is 23.6 Å². The molecule has 2 N–H and O–H groups in total. The fraction of sp³-hybridized carbons (Fsp3) is 0.438. The third-order valence-corrected chi connectivity index (χ3v) is 3.70. The average Bonchev–Trinajstić information content (AvgIpc) is 2.96. The van der Waals surface area contributed by atoms with Crippen LogP contribution in [0.15, 0.2) is 34.9 Å². The number of aromatic nitrogens is 1. The SMILES string of the molecule is CCc1ncc(CN[C@](C)(CO)Cc2ccc(Cl)cc2)o1. The number of hydrogen-bond acceptors (Lipinski definition) is 4. The number of hydrogen-bond donors (Lipinski definition) is 2. The summed E-state index contributed by atoms with van der Waals surface area (Å²) >= 11 is 5.89. The number of rotatable bonds is 7. The van der Waals surface area contributed by atoms with Crippen molar-refractivity contribution < 1.29 is 9.52 Å². The van der Waals surface area contributed by atoms with Crippen LogP contribution < -0.4 is 5.32 Å². The third-order valence-electron chi connectivity index (χ3n) is 3.45. The molecule has 0 aliphatic heterocycles. The van der Waals surface area contributed by atoms with Crippen molar-refractivity contribution in [2.75, 3.05) is 6.61 Å². The molecular weight excluding hydrogens is 288 g/mol. The first-order valence-electron chi connectivity index (χ1n) is 7.08. The molecule has 0 radical (unpaired) electrons. The zero-order chi connectivity index (χ0) is 15.3. The average molecular weight is 309 g/mol. The molecule has 0 aliphatic carbocycles. The van der Waals surface area contributed by atoms with E-state index in [4.69, 9.17) is 16.0 Å². The molecule has 1 aromatic carbocycles. The van der Waals surface area contributed by atoms with E-state index in [-0.39, 0.29) is 6.61 Å². The molecule has 0 saturated carbocycles. The second-order valence-electron chi connectivity index (χ2n) is 5.45. The molecule has 0 amide bonds. The summed E-state index contributed by atoms with van der Waals surface area (Å²) in [4.78, 5) is 4.17. The Hall–Kier alpha value is -1.36. The first kappa shape index (κ1) is 16.0. The van der Waals surface area contributed by atoms with Gasteiger partial charge < -0.3 is 14.8 Å². The van der Waals surface area contributed by atoms with E-state index in [2.05, 4.69) is 10.3 Å². The van der Waals surface area contributed by atoms with E-state index < -0.39 is 5.54 Å². The molecule has 0 unspecified atom stereocenters. The van der Waals surface area contributed by atoms with Gasteiger partial charge in [0.2, 0.25) is 0 Å². The summed E-state index contributed by atoms with van der Waals surface area (Å²) in [6.07, 6.45) is 3.21. The first-order chi connectivity index (χ1) is 10.0. The van der Waals surface area contributed by atoms with Crippen molar-refractivity contribution in [3.63, 3.8) is 0 Å². The molecule has 21 heavy (non-hydrogen) atoms. The van der Waals surface area contributed by atoms with Crippen LogP contribution in [0.4, 0.5) is 0 Å². The summed E-state index contributed by atoms with van der Waals surface area (Å²) in [5.41, 5.74) is 0.697. The van der Waals surface area contributed by atoms with E-state index >= 15 is 0 Å². The van der Waals surface area contributed by atoms with Crippen LogP contribution >= 0.6 is 11.6 Å². The lowest BCUT2D eigenvalue weighted by molar-refractivity contribution is 0.169. The molecule has 0 spiro atoms. The second-order valence-corrected chi connectivity index (χ2v) is 5.89. The van der Waals surface area contributed by atoms with Crippen molar-refractivity contribution in [3.05, 3.63) is 52.7 Å². The van der Waals surface area contributed by atoms with Crippen LogP contribution in [0.5, 0.6) is 0 Å². The fourth-order valence-corrected chi connectivity index (χ4v) is 2.25. The van der Waals surface area contributed by atoms with Crippen LogP contribution in [-0.2, 0) is 19.4 Å². The number of aliphatic hydroxyl groups is 1. The van der Waals surface area contributed by atoms with Crippen molar-refractivity contribution in [1.29, 1.82) is 0 Å².